The van der Waals surface area contributed by atoms with E-state index in [1.54, 1.807) is 30.3 Å². The molecule has 0 aliphatic heterocycles. The van der Waals surface area contributed by atoms with Crippen molar-refractivity contribution < 1.29 is 23.1 Å². The van der Waals surface area contributed by atoms with Crippen molar-refractivity contribution in [2.24, 2.45) is 0 Å². The molecule has 0 aromatic heterocycles. The smallest absolute Gasteiger partial charge is 0.383 e. The molecule has 6 heteroatoms. The minimum Gasteiger partial charge on any atom is -0.383 e. The minimum atomic E-state index is -4.46. The Hall–Kier alpha value is -2.11. The van der Waals surface area contributed by atoms with Crippen LogP contribution in [0, 0.1) is 0 Å². The summed E-state index contributed by atoms with van der Waals surface area (Å²) < 4.78 is 37.6. The number of carbonyl (C=O) groups is 1. The number of aliphatic hydroxyl groups is 1. The summed E-state index contributed by atoms with van der Waals surface area (Å²) in [4.78, 5) is 12.3. The third kappa shape index (κ3) is 4.00. The number of ketones is 1. The molecule has 120 valence electrons. The quantitative estimate of drug-likeness (QED) is 0.644. The van der Waals surface area contributed by atoms with Crippen molar-refractivity contribution in [3.05, 3.63) is 82.4 Å². The Balaban J connectivity index is 2.27. The summed E-state index contributed by atoms with van der Waals surface area (Å²) in [6.07, 6.45) is -5.88. The van der Waals surface area contributed by atoms with Crippen molar-refractivity contribution in [3.8, 4) is 0 Å². The van der Waals surface area contributed by atoms with Crippen LogP contribution >= 0.6 is 11.6 Å². The molecule has 0 aliphatic rings. The Morgan fingerprint density at radius 1 is 1.04 bits per heavy atom. The van der Waals surface area contributed by atoms with Gasteiger partial charge >= 0.3 is 6.18 Å². The highest BCUT2D eigenvalue weighted by molar-refractivity contribution is 6.29. The third-order valence-corrected chi connectivity index (χ3v) is 3.50. The van der Waals surface area contributed by atoms with Crippen molar-refractivity contribution >= 4 is 17.4 Å². The Bertz CT molecular complexity index is 707. The molecule has 0 fully saturated rings. The predicted molar refractivity (Wildman–Crippen MR) is 81.1 cm³/mol. The summed E-state index contributed by atoms with van der Waals surface area (Å²) in [6, 6.07) is 12.1. The molecular weight excluding hydrogens is 329 g/mol. The van der Waals surface area contributed by atoms with E-state index in [9.17, 15) is 23.1 Å². The van der Waals surface area contributed by atoms with Gasteiger partial charge in [0.25, 0.3) is 0 Å². The van der Waals surface area contributed by atoms with E-state index >= 15 is 0 Å². The van der Waals surface area contributed by atoms with Crippen LogP contribution in [0.4, 0.5) is 13.2 Å². The first-order valence-electron chi connectivity index (χ1n) is 6.60. The lowest BCUT2D eigenvalue weighted by Crippen LogP contribution is -2.12. The molecule has 0 saturated heterocycles. The van der Waals surface area contributed by atoms with Crippen molar-refractivity contribution in [1.82, 2.24) is 0 Å². The number of Topliss-reactive ketones (excluding diaryl/α,β-unsaturated/α-hetero) is 1. The largest absolute Gasteiger partial charge is 0.416 e. The van der Waals surface area contributed by atoms with Crippen molar-refractivity contribution in [2.75, 3.05) is 0 Å². The van der Waals surface area contributed by atoms with Gasteiger partial charge in [0.1, 0.15) is 6.10 Å². The summed E-state index contributed by atoms with van der Waals surface area (Å²) in [5.74, 6) is -0.493. The van der Waals surface area contributed by atoms with Crippen LogP contribution in [0.3, 0.4) is 0 Å². The molecule has 0 bridgehead atoms. The topological polar surface area (TPSA) is 37.3 Å². The number of alkyl halides is 3. The summed E-state index contributed by atoms with van der Waals surface area (Å²) >= 11 is 5.64. The lowest BCUT2D eigenvalue weighted by Gasteiger charge is -2.15. The molecule has 2 aromatic rings. The van der Waals surface area contributed by atoms with Gasteiger partial charge in [0.05, 0.1) is 5.56 Å². The molecule has 2 nitrogen and oxygen atoms in total. The number of benzene rings is 2. The maximum atomic E-state index is 12.5. The SMILES string of the molecule is O=C(/C(=C/Cl)C(O)c1ccc(C(F)(F)F)cc1)c1ccccc1. The Morgan fingerprint density at radius 2 is 1.61 bits per heavy atom. The number of rotatable bonds is 4. The van der Waals surface area contributed by atoms with Crippen LogP contribution in [0.5, 0.6) is 0 Å². The lowest BCUT2D eigenvalue weighted by atomic mass is 9.95. The fraction of sp³-hybridized carbons (Fsp3) is 0.118. The number of aliphatic hydroxyl groups excluding tert-OH is 1. The fourth-order valence-electron chi connectivity index (χ4n) is 2.02. The fourth-order valence-corrected chi connectivity index (χ4v) is 2.24. The summed E-state index contributed by atoms with van der Waals surface area (Å²) in [7, 11) is 0. The van der Waals surface area contributed by atoms with E-state index in [0.29, 0.717) is 5.56 Å². The first kappa shape index (κ1) is 17.2. The highest BCUT2D eigenvalue weighted by Gasteiger charge is 2.30. The van der Waals surface area contributed by atoms with Gasteiger partial charge in [-0.3, -0.25) is 4.79 Å². The van der Waals surface area contributed by atoms with Crippen LogP contribution in [0.25, 0.3) is 0 Å². The second-order valence-electron chi connectivity index (χ2n) is 4.78. The van der Waals surface area contributed by atoms with Crippen LogP contribution in [-0.2, 0) is 6.18 Å². The van der Waals surface area contributed by atoms with Gasteiger partial charge in [-0.15, -0.1) is 0 Å². The van der Waals surface area contributed by atoms with Crippen LogP contribution in [0.1, 0.15) is 27.6 Å². The Labute approximate surface area is 135 Å². The molecule has 23 heavy (non-hydrogen) atoms. The normalized spacial score (nSPS) is 13.7. The number of carbonyl (C=O) groups excluding carboxylic acids is 1. The van der Waals surface area contributed by atoms with Crippen LogP contribution in [0.2, 0.25) is 0 Å². The molecule has 0 radical (unpaired) electrons. The van der Waals surface area contributed by atoms with Gasteiger partial charge in [-0.1, -0.05) is 54.1 Å². The average molecular weight is 341 g/mol. The van der Waals surface area contributed by atoms with Gasteiger partial charge in [0.2, 0.25) is 0 Å². The molecule has 1 atom stereocenters. The van der Waals surface area contributed by atoms with E-state index < -0.39 is 23.6 Å². The van der Waals surface area contributed by atoms with E-state index in [-0.39, 0.29) is 11.1 Å². The molecule has 2 aromatic carbocycles. The monoisotopic (exact) mass is 340 g/mol. The summed E-state index contributed by atoms with van der Waals surface area (Å²) in [6.45, 7) is 0. The van der Waals surface area contributed by atoms with Crippen LogP contribution in [0.15, 0.2) is 65.7 Å². The van der Waals surface area contributed by atoms with Gasteiger partial charge in [-0.2, -0.15) is 13.2 Å². The zero-order valence-corrected chi connectivity index (χ0v) is 12.5. The van der Waals surface area contributed by atoms with Gasteiger partial charge < -0.3 is 5.11 Å². The van der Waals surface area contributed by atoms with E-state index in [0.717, 1.165) is 29.8 Å². The van der Waals surface area contributed by atoms with Crippen LogP contribution in [-0.4, -0.2) is 10.9 Å². The molecule has 0 saturated carbocycles. The van der Waals surface area contributed by atoms with Crippen LogP contribution < -0.4 is 0 Å². The molecule has 1 N–H and O–H groups in total. The molecule has 0 spiro atoms. The van der Waals surface area contributed by atoms with Gasteiger partial charge in [-0.25, -0.2) is 0 Å². The molecular formula is C17H12ClF3O2. The first-order valence-corrected chi connectivity index (χ1v) is 7.03. The van der Waals surface area contributed by atoms with E-state index in [4.69, 9.17) is 11.6 Å². The standard InChI is InChI=1S/C17H12ClF3O2/c18-10-14(15(22)11-4-2-1-3-5-11)16(23)12-6-8-13(9-7-12)17(19,20)21/h1-10,16,23H/b14-10-. The lowest BCUT2D eigenvalue weighted by molar-refractivity contribution is -0.137. The van der Waals surface area contributed by atoms with Crippen molar-refractivity contribution in [2.45, 2.75) is 12.3 Å². The highest BCUT2D eigenvalue weighted by Crippen LogP contribution is 2.31. The molecule has 0 heterocycles. The highest BCUT2D eigenvalue weighted by atomic mass is 35.5. The van der Waals surface area contributed by atoms with Crippen molar-refractivity contribution in [3.63, 3.8) is 0 Å². The zero-order valence-electron chi connectivity index (χ0n) is 11.7. The number of hydrogen-bond acceptors (Lipinski definition) is 2. The molecule has 2 rings (SSSR count). The van der Waals surface area contributed by atoms with Gasteiger partial charge in [0, 0.05) is 16.7 Å². The predicted octanol–water partition coefficient (Wildman–Crippen LogP) is 4.74. The van der Waals surface area contributed by atoms with E-state index in [1.807, 2.05) is 0 Å². The van der Waals surface area contributed by atoms with Gasteiger partial charge in [-0.05, 0) is 17.7 Å². The van der Waals surface area contributed by atoms with Gasteiger partial charge in [0.15, 0.2) is 5.78 Å². The second kappa shape index (κ2) is 6.98. The number of halogens is 4. The molecule has 1 unspecified atom stereocenters. The second-order valence-corrected chi connectivity index (χ2v) is 5.00. The summed E-state index contributed by atoms with van der Waals surface area (Å²) in [5.41, 5.74) is 0.467. The summed E-state index contributed by atoms with van der Waals surface area (Å²) in [5, 5.41) is 10.3. The number of hydrogen-bond donors (Lipinski definition) is 1. The Kier molecular flexibility index (Phi) is 5.23. The van der Waals surface area contributed by atoms with E-state index in [2.05, 4.69) is 0 Å². The first-order chi connectivity index (χ1) is 10.8. The van der Waals surface area contributed by atoms with Crippen molar-refractivity contribution in [1.29, 1.82) is 0 Å². The maximum absolute atomic E-state index is 12.5. The third-order valence-electron chi connectivity index (χ3n) is 3.26. The minimum absolute atomic E-state index is 0.113. The van der Waals surface area contributed by atoms with E-state index in [1.165, 1.54) is 0 Å². The molecule has 0 amide bonds. The Morgan fingerprint density at radius 3 is 2.09 bits per heavy atom. The zero-order chi connectivity index (χ0) is 17.0. The maximum Gasteiger partial charge on any atom is 0.416 e. The molecule has 0 aliphatic carbocycles. The average Bonchev–Trinajstić information content (AvgIpc) is 2.55.